The molecule has 0 spiro atoms. The summed E-state index contributed by atoms with van der Waals surface area (Å²) < 4.78 is 0. The van der Waals surface area contributed by atoms with Crippen LogP contribution in [0.4, 0.5) is 0 Å². The molecule has 2 N–H and O–H groups in total. The lowest BCUT2D eigenvalue weighted by Crippen LogP contribution is -2.36. The van der Waals surface area contributed by atoms with Gasteiger partial charge in [0.15, 0.2) is 0 Å². The predicted molar refractivity (Wildman–Crippen MR) is 77.8 cm³/mol. The van der Waals surface area contributed by atoms with E-state index in [9.17, 15) is 0 Å². The number of aliphatic imine (C=N–C) groups is 1. The first kappa shape index (κ1) is 16.2. The molecule has 0 aliphatic carbocycles. The lowest BCUT2D eigenvalue weighted by Gasteiger charge is -2.18. The van der Waals surface area contributed by atoms with Gasteiger partial charge in [-0.25, -0.2) is 0 Å². The van der Waals surface area contributed by atoms with Crippen LogP contribution in [-0.2, 0) is 0 Å². The molecule has 3 heteroatoms. The Labute approximate surface area is 107 Å². The van der Waals surface area contributed by atoms with Gasteiger partial charge in [0.25, 0.3) is 0 Å². The maximum absolute atomic E-state index is 4.59. The van der Waals surface area contributed by atoms with Crippen molar-refractivity contribution in [1.29, 1.82) is 0 Å². The van der Waals surface area contributed by atoms with Gasteiger partial charge in [-0.3, -0.25) is 4.99 Å². The highest BCUT2D eigenvalue weighted by atomic mass is 15.0. The molecule has 0 aliphatic rings. The van der Waals surface area contributed by atoms with Crippen molar-refractivity contribution in [2.75, 3.05) is 13.1 Å². The topological polar surface area (TPSA) is 36.4 Å². The van der Waals surface area contributed by atoms with Crippen LogP contribution in [0.1, 0.15) is 47.0 Å². The van der Waals surface area contributed by atoms with Crippen LogP contribution < -0.4 is 10.6 Å². The highest BCUT2D eigenvalue weighted by Gasteiger charge is 2.10. The maximum atomic E-state index is 4.59. The Kier molecular flexibility index (Phi) is 11.1. The zero-order valence-electron chi connectivity index (χ0n) is 11.9. The quantitative estimate of drug-likeness (QED) is 0.454. The largest absolute Gasteiger partial charge is 0.391 e. The van der Waals surface area contributed by atoms with Gasteiger partial charge >= 0.3 is 0 Å². The molecule has 0 amide bonds. The Morgan fingerprint density at radius 2 is 1.94 bits per heavy atom. The van der Waals surface area contributed by atoms with Crippen molar-refractivity contribution in [3.8, 4) is 0 Å². The number of rotatable bonds is 10. The molecule has 0 aliphatic heterocycles. The molecule has 0 bridgehead atoms. The fourth-order valence-corrected chi connectivity index (χ4v) is 1.55. The number of hydrogen-bond donors (Lipinski definition) is 2. The Hall–Kier alpha value is -0.830. The lowest BCUT2D eigenvalue weighted by atomic mass is 10.1. The molecule has 3 nitrogen and oxygen atoms in total. The number of hydrogen-bond acceptors (Lipinski definition) is 3. The standard InChI is InChI=1S/C14H29N3/c1-5-8-9-11-17-13(4)14(16-7-3)10-12-15-6-2/h10-16H,5-9H2,1-4H3/b12-10-,17-11?. The molecule has 0 aromatic heterocycles. The molecule has 0 aromatic rings. The van der Waals surface area contributed by atoms with E-state index in [4.69, 9.17) is 0 Å². The minimum atomic E-state index is 0.293. The molecule has 0 aromatic carbocycles. The van der Waals surface area contributed by atoms with Gasteiger partial charge in [0.05, 0.1) is 6.04 Å². The molecule has 2 unspecified atom stereocenters. The number of likely N-dealkylation sites (N-methyl/N-ethyl adjacent to an activating group) is 1. The summed E-state index contributed by atoms with van der Waals surface area (Å²) in [5.41, 5.74) is 0. The van der Waals surface area contributed by atoms with Crippen LogP contribution in [-0.4, -0.2) is 31.4 Å². The van der Waals surface area contributed by atoms with Crippen molar-refractivity contribution in [3.63, 3.8) is 0 Å². The molecule has 100 valence electrons. The van der Waals surface area contributed by atoms with Crippen molar-refractivity contribution >= 4 is 6.21 Å². The van der Waals surface area contributed by atoms with Gasteiger partial charge in [0.1, 0.15) is 0 Å². The van der Waals surface area contributed by atoms with Gasteiger partial charge in [-0.1, -0.05) is 20.3 Å². The van der Waals surface area contributed by atoms with Crippen LogP contribution in [0.2, 0.25) is 0 Å². The third kappa shape index (κ3) is 8.93. The number of unbranched alkanes of at least 4 members (excludes halogenated alkanes) is 2. The van der Waals surface area contributed by atoms with Crippen LogP contribution in [0, 0.1) is 0 Å². The van der Waals surface area contributed by atoms with Gasteiger partial charge in [-0.05, 0) is 51.7 Å². The summed E-state index contributed by atoms with van der Waals surface area (Å²) in [5.74, 6) is 0. The van der Waals surface area contributed by atoms with Crippen LogP contribution in [0.15, 0.2) is 17.3 Å². The Morgan fingerprint density at radius 3 is 2.53 bits per heavy atom. The molecule has 0 saturated carbocycles. The average molecular weight is 239 g/mol. The molecule has 2 atom stereocenters. The molecule has 0 saturated heterocycles. The first-order valence-electron chi connectivity index (χ1n) is 6.91. The van der Waals surface area contributed by atoms with Crippen molar-refractivity contribution in [3.05, 3.63) is 12.3 Å². The monoisotopic (exact) mass is 239 g/mol. The van der Waals surface area contributed by atoms with Gasteiger partial charge < -0.3 is 10.6 Å². The number of nitrogens with zero attached hydrogens (tertiary/aromatic N) is 1. The molecule has 0 radical (unpaired) electrons. The fraction of sp³-hybridized carbons (Fsp3) is 0.786. The summed E-state index contributed by atoms with van der Waals surface area (Å²) in [6.07, 6.45) is 9.81. The summed E-state index contributed by atoms with van der Waals surface area (Å²) in [6.45, 7) is 10.5. The molecular formula is C14H29N3. The van der Waals surface area contributed by atoms with Crippen molar-refractivity contribution in [2.24, 2.45) is 4.99 Å². The minimum Gasteiger partial charge on any atom is -0.391 e. The van der Waals surface area contributed by atoms with E-state index in [1.807, 2.05) is 6.20 Å². The summed E-state index contributed by atoms with van der Waals surface area (Å²) in [5, 5.41) is 6.64. The van der Waals surface area contributed by atoms with Crippen molar-refractivity contribution in [1.82, 2.24) is 10.6 Å². The normalized spacial score (nSPS) is 15.5. The van der Waals surface area contributed by atoms with E-state index in [1.54, 1.807) is 0 Å². The van der Waals surface area contributed by atoms with Crippen LogP contribution in [0.5, 0.6) is 0 Å². The zero-order valence-corrected chi connectivity index (χ0v) is 11.9. The predicted octanol–water partition coefficient (Wildman–Crippen LogP) is 2.74. The number of nitrogens with one attached hydrogen (secondary N) is 2. The van der Waals surface area contributed by atoms with E-state index in [0.717, 1.165) is 19.5 Å². The van der Waals surface area contributed by atoms with E-state index in [0.29, 0.717) is 12.1 Å². The van der Waals surface area contributed by atoms with Gasteiger partial charge in [0, 0.05) is 12.6 Å². The highest BCUT2D eigenvalue weighted by molar-refractivity contribution is 5.57. The Balaban J connectivity index is 4.12. The van der Waals surface area contributed by atoms with E-state index in [1.165, 1.54) is 12.8 Å². The maximum Gasteiger partial charge on any atom is 0.0656 e. The van der Waals surface area contributed by atoms with Crippen LogP contribution in [0.25, 0.3) is 0 Å². The molecule has 0 rings (SSSR count). The fourth-order valence-electron chi connectivity index (χ4n) is 1.55. The highest BCUT2D eigenvalue weighted by Crippen LogP contribution is 2.01. The Morgan fingerprint density at radius 1 is 1.18 bits per heavy atom. The molecular weight excluding hydrogens is 210 g/mol. The van der Waals surface area contributed by atoms with Crippen LogP contribution >= 0.6 is 0 Å². The smallest absolute Gasteiger partial charge is 0.0656 e. The average Bonchev–Trinajstić information content (AvgIpc) is 2.33. The second-order valence-electron chi connectivity index (χ2n) is 4.21. The van der Waals surface area contributed by atoms with E-state index in [-0.39, 0.29) is 0 Å². The van der Waals surface area contributed by atoms with Crippen molar-refractivity contribution < 1.29 is 0 Å². The summed E-state index contributed by atoms with van der Waals surface area (Å²) >= 11 is 0. The Bertz CT molecular complexity index is 212. The molecule has 17 heavy (non-hydrogen) atoms. The van der Waals surface area contributed by atoms with E-state index < -0.39 is 0 Å². The third-order valence-corrected chi connectivity index (χ3v) is 2.61. The van der Waals surface area contributed by atoms with E-state index in [2.05, 4.69) is 55.6 Å². The second kappa shape index (κ2) is 11.6. The summed E-state index contributed by atoms with van der Waals surface area (Å²) in [4.78, 5) is 4.59. The molecule has 0 fully saturated rings. The first-order chi connectivity index (χ1) is 8.26. The summed E-state index contributed by atoms with van der Waals surface area (Å²) in [7, 11) is 0. The van der Waals surface area contributed by atoms with Crippen LogP contribution in [0.3, 0.4) is 0 Å². The van der Waals surface area contributed by atoms with E-state index >= 15 is 0 Å². The minimum absolute atomic E-state index is 0.293. The first-order valence-corrected chi connectivity index (χ1v) is 6.91. The zero-order chi connectivity index (χ0) is 12.9. The second-order valence-corrected chi connectivity index (χ2v) is 4.21. The van der Waals surface area contributed by atoms with Crippen molar-refractivity contribution in [2.45, 2.75) is 59.0 Å². The molecule has 0 heterocycles. The van der Waals surface area contributed by atoms with Gasteiger partial charge in [0.2, 0.25) is 0 Å². The SMILES string of the molecule is CCCCC=NC(C)C(/C=C\NCC)NCC. The third-order valence-electron chi connectivity index (χ3n) is 2.61. The van der Waals surface area contributed by atoms with Gasteiger partial charge in [-0.15, -0.1) is 0 Å². The lowest BCUT2D eigenvalue weighted by molar-refractivity contribution is 0.532. The van der Waals surface area contributed by atoms with Gasteiger partial charge in [-0.2, -0.15) is 0 Å². The summed E-state index contributed by atoms with van der Waals surface area (Å²) in [6, 6.07) is 0.610.